The van der Waals surface area contributed by atoms with Crippen molar-refractivity contribution in [1.29, 1.82) is 0 Å². The summed E-state index contributed by atoms with van der Waals surface area (Å²) in [6, 6.07) is 6.53. The Balaban J connectivity index is 2.36. The lowest BCUT2D eigenvalue weighted by atomic mass is 10.3. The number of hydrogen-bond acceptors (Lipinski definition) is 3. The van der Waals surface area contributed by atoms with Crippen molar-refractivity contribution in [3.05, 3.63) is 49.7 Å². The van der Waals surface area contributed by atoms with Crippen LogP contribution in [0.25, 0.3) is 0 Å². The van der Waals surface area contributed by atoms with Crippen LogP contribution in [0.3, 0.4) is 0 Å². The number of pyridine rings is 1. The van der Waals surface area contributed by atoms with Gasteiger partial charge >= 0.3 is 0 Å². The van der Waals surface area contributed by atoms with Gasteiger partial charge in [-0.2, -0.15) is 0 Å². The lowest BCUT2D eigenvalue weighted by molar-refractivity contribution is 0.600. The molecule has 0 atom stereocenters. The van der Waals surface area contributed by atoms with Crippen molar-refractivity contribution in [2.75, 3.05) is 4.72 Å². The third-order valence-electron chi connectivity index (χ3n) is 2.17. The fourth-order valence-corrected chi connectivity index (χ4v) is 3.86. The number of hydrogen-bond donors (Lipinski definition) is 1. The Bertz CT molecular complexity index is 724. The zero-order valence-corrected chi connectivity index (χ0v) is 14.6. The highest BCUT2D eigenvalue weighted by molar-refractivity contribution is 14.1. The summed E-state index contributed by atoms with van der Waals surface area (Å²) < 4.78 is 28.3. The molecule has 4 nitrogen and oxygen atoms in total. The first-order valence-electron chi connectivity index (χ1n) is 4.97. The molecule has 0 radical (unpaired) electrons. The lowest BCUT2D eigenvalue weighted by Gasteiger charge is -2.09. The van der Waals surface area contributed by atoms with Gasteiger partial charge in [-0.05, 0) is 62.8 Å². The minimum absolute atomic E-state index is 0.0662. The van der Waals surface area contributed by atoms with E-state index in [1.165, 1.54) is 18.5 Å². The second kappa shape index (κ2) is 5.94. The molecule has 1 aromatic carbocycles. The fraction of sp³-hybridized carbons (Fsp3) is 0. The summed E-state index contributed by atoms with van der Waals surface area (Å²) >= 11 is 11.3. The maximum Gasteiger partial charge on any atom is 0.263 e. The third-order valence-corrected chi connectivity index (χ3v) is 4.92. The average molecular weight is 474 g/mol. The van der Waals surface area contributed by atoms with E-state index in [0.29, 0.717) is 15.2 Å². The highest BCUT2D eigenvalue weighted by atomic mass is 127. The summed E-state index contributed by atoms with van der Waals surface area (Å²) in [5, 5.41) is 0.346. The van der Waals surface area contributed by atoms with Gasteiger partial charge in [0, 0.05) is 20.4 Å². The Kier molecular flexibility index (Phi) is 4.70. The molecule has 1 heterocycles. The largest absolute Gasteiger partial charge is 0.278 e. The molecule has 0 aliphatic carbocycles. The molecular weight excluding hydrogens is 466 g/mol. The maximum atomic E-state index is 12.2. The van der Waals surface area contributed by atoms with Crippen LogP contribution >= 0.6 is 50.1 Å². The molecule has 0 spiro atoms. The van der Waals surface area contributed by atoms with E-state index in [9.17, 15) is 8.42 Å². The normalized spacial score (nSPS) is 11.3. The van der Waals surface area contributed by atoms with Crippen LogP contribution in [0.4, 0.5) is 5.69 Å². The molecule has 0 aliphatic rings. The summed E-state index contributed by atoms with van der Waals surface area (Å²) in [4.78, 5) is 3.89. The first-order chi connectivity index (χ1) is 8.88. The van der Waals surface area contributed by atoms with E-state index in [1.54, 1.807) is 18.2 Å². The molecule has 2 aromatic rings. The second-order valence-corrected chi connectivity index (χ2v) is 7.82. The van der Waals surface area contributed by atoms with Gasteiger partial charge in [-0.15, -0.1) is 0 Å². The Morgan fingerprint density at radius 1 is 1.26 bits per heavy atom. The van der Waals surface area contributed by atoms with E-state index in [4.69, 9.17) is 11.6 Å². The van der Waals surface area contributed by atoms with Crippen molar-refractivity contribution in [3.8, 4) is 0 Å². The SMILES string of the molecule is O=S(=O)(Nc1ccc(I)cc1Cl)c1cncc(Br)c1. The van der Waals surface area contributed by atoms with E-state index in [1.807, 2.05) is 0 Å². The molecule has 19 heavy (non-hydrogen) atoms. The van der Waals surface area contributed by atoms with E-state index in [-0.39, 0.29) is 4.90 Å². The van der Waals surface area contributed by atoms with Crippen LogP contribution in [0.1, 0.15) is 0 Å². The molecular formula is C11H7BrClIN2O2S. The number of rotatable bonds is 3. The molecule has 0 amide bonds. The van der Waals surface area contributed by atoms with Gasteiger partial charge in [0.25, 0.3) is 10.0 Å². The molecule has 8 heteroatoms. The Hall–Kier alpha value is -0.380. The highest BCUT2D eigenvalue weighted by Crippen LogP contribution is 2.26. The van der Waals surface area contributed by atoms with Crippen LogP contribution in [-0.2, 0) is 10.0 Å². The van der Waals surface area contributed by atoms with Gasteiger partial charge in [-0.1, -0.05) is 11.6 Å². The zero-order chi connectivity index (χ0) is 14.0. The van der Waals surface area contributed by atoms with Crippen LogP contribution in [0.15, 0.2) is 46.0 Å². The molecule has 0 saturated heterocycles. The van der Waals surface area contributed by atoms with Gasteiger partial charge in [-0.25, -0.2) is 8.42 Å². The van der Waals surface area contributed by atoms with Crippen LogP contribution in [0, 0.1) is 3.57 Å². The molecule has 0 unspecified atom stereocenters. The van der Waals surface area contributed by atoms with E-state index in [0.717, 1.165) is 3.57 Å². The van der Waals surface area contributed by atoms with Crippen LogP contribution in [-0.4, -0.2) is 13.4 Å². The molecule has 100 valence electrons. The number of sulfonamides is 1. The van der Waals surface area contributed by atoms with Gasteiger partial charge in [-0.3, -0.25) is 9.71 Å². The average Bonchev–Trinajstić information content (AvgIpc) is 2.33. The fourth-order valence-electron chi connectivity index (χ4n) is 1.32. The third kappa shape index (κ3) is 3.80. The lowest BCUT2D eigenvalue weighted by Crippen LogP contribution is -2.13. The number of aromatic nitrogens is 1. The van der Waals surface area contributed by atoms with E-state index >= 15 is 0 Å². The monoisotopic (exact) mass is 472 g/mol. The van der Waals surface area contributed by atoms with Crippen molar-refractivity contribution in [1.82, 2.24) is 4.98 Å². The summed E-state index contributed by atoms with van der Waals surface area (Å²) in [6.07, 6.45) is 2.78. The number of nitrogens with one attached hydrogen (secondary N) is 1. The van der Waals surface area contributed by atoms with Crippen molar-refractivity contribution in [2.24, 2.45) is 0 Å². The van der Waals surface area contributed by atoms with E-state index < -0.39 is 10.0 Å². The molecule has 0 aliphatic heterocycles. The first-order valence-corrected chi connectivity index (χ1v) is 8.70. The molecule has 0 bridgehead atoms. The van der Waals surface area contributed by atoms with Crippen LogP contribution in [0.2, 0.25) is 5.02 Å². The van der Waals surface area contributed by atoms with Gasteiger partial charge in [0.2, 0.25) is 0 Å². The Labute approximate surface area is 137 Å². The summed E-state index contributed by atoms with van der Waals surface area (Å²) in [5.41, 5.74) is 0.335. The van der Waals surface area contributed by atoms with Crippen LogP contribution < -0.4 is 4.72 Å². The van der Waals surface area contributed by atoms with Crippen LogP contribution in [0.5, 0.6) is 0 Å². The van der Waals surface area contributed by atoms with Crippen molar-refractivity contribution < 1.29 is 8.42 Å². The quantitative estimate of drug-likeness (QED) is 0.688. The topological polar surface area (TPSA) is 59.1 Å². The molecule has 0 fully saturated rings. The predicted molar refractivity (Wildman–Crippen MR) is 86.9 cm³/mol. The minimum Gasteiger partial charge on any atom is -0.278 e. The number of halogens is 3. The van der Waals surface area contributed by atoms with Crippen molar-refractivity contribution in [3.63, 3.8) is 0 Å². The maximum absolute atomic E-state index is 12.2. The zero-order valence-electron chi connectivity index (χ0n) is 9.27. The highest BCUT2D eigenvalue weighted by Gasteiger charge is 2.16. The number of nitrogens with zero attached hydrogens (tertiary/aromatic N) is 1. The first kappa shape index (κ1) is 15.0. The van der Waals surface area contributed by atoms with Gasteiger partial charge in [0.1, 0.15) is 4.90 Å². The van der Waals surface area contributed by atoms with Gasteiger partial charge in [0.15, 0.2) is 0 Å². The van der Waals surface area contributed by atoms with Gasteiger partial charge < -0.3 is 0 Å². The molecule has 1 aromatic heterocycles. The Morgan fingerprint density at radius 2 is 2.00 bits per heavy atom. The molecule has 1 N–H and O–H groups in total. The predicted octanol–water partition coefficient (Wildman–Crippen LogP) is 3.90. The number of anilines is 1. The second-order valence-electron chi connectivity index (χ2n) is 3.57. The summed E-state index contributed by atoms with van der Waals surface area (Å²) in [5.74, 6) is 0. The summed E-state index contributed by atoms with van der Waals surface area (Å²) in [7, 11) is -3.70. The standard InChI is InChI=1S/C11H7BrClIN2O2S/c12-7-3-9(6-15-5-7)19(17,18)16-11-2-1-8(14)4-10(11)13/h1-6,16H. The molecule has 2 rings (SSSR count). The minimum atomic E-state index is -3.70. The van der Waals surface area contributed by atoms with Crippen molar-refractivity contribution >= 4 is 65.8 Å². The number of benzene rings is 1. The smallest absolute Gasteiger partial charge is 0.263 e. The molecule has 0 saturated carbocycles. The Morgan fingerprint density at radius 3 is 2.63 bits per heavy atom. The van der Waals surface area contributed by atoms with E-state index in [2.05, 4.69) is 48.2 Å². The van der Waals surface area contributed by atoms with Crippen molar-refractivity contribution in [2.45, 2.75) is 4.90 Å². The van der Waals surface area contributed by atoms with Gasteiger partial charge in [0.05, 0.1) is 10.7 Å². The summed E-state index contributed by atoms with van der Waals surface area (Å²) in [6.45, 7) is 0.